The van der Waals surface area contributed by atoms with Gasteiger partial charge < -0.3 is 5.11 Å². The van der Waals surface area contributed by atoms with Crippen LogP contribution in [0.4, 0.5) is 0 Å². The minimum absolute atomic E-state index is 0.513. The van der Waals surface area contributed by atoms with E-state index in [1.165, 1.54) is 9.75 Å². The molecule has 0 amide bonds. The number of nitrogens with zero attached hydrogens (tertiary/aromatic N) is 1. The van der Waals surface area contributed by atoms with Crippen molar-refractivity contribution in [2.45, 2.75) is 39.7 Å². The fraction of sp³-hybridized carbons (Fsp3) is 0.643. The normalized spacial score (nSPS) is 19.9. The van der Waals surface area contributed by atoms with Crippen LogP contribution in [0.25, 0.3) is 0 Å². The average molecular weight is 267 g/mol. The molecule has 4 heteroatoms. The van der Waals surface area contributed by atoms with Crippen molar-refractivity contribution < 1.29 is 9.90 Å². The van der Waals surface area contributed by atoms with Crippen LogP contribution in [0, 0.1) is 5.41 Å². The highest BCUT2D eigenvalue weighted by Gasteiger charge is 2.36. The maximum Gasteiger partial charge on any atom is 0.309 e. The van der Waals surface area contributed by atoms with Crippen LogP contribution in [0.5, 0.6) is 0 Å². The Morgan fingerprint density at radius 3 is 2.50 bits per heavy atom. The Balaban J connectivity index is 1.89. The molecule has 1 aliphatic heterocycles. The van der Waals surface area contributed by atoms with Crippen LogP contribution < -0.4 is 0 Å². The zero-order valence-corrected chi connectivity index (χ0v) is 11.9. The van der Waals surface area contributed by atoms with Crippen molar-refractivity contribution in [1.29, 1.82) is 0 Å². The lowest BCUT2D eigenvalue weighted by Crippen LogP contribution is -2.42. The molecule has 0 bridgehead atoms. The minimum Gasteiger partial charge on any atom is -0.481 e. The Morgan fingerprint density at radius 1 is 1.39 bits per heavy atom. The lowest BCUT2D eigenvalue weighted by Gasteiger charge is -2.36. The molecule has 100 valence electrons. The zero-order valence-electron chi connectivity index (χ0n) is 11.1. The second-order valence-electron chi connectivity index (χ2n) is 5.36. The second kappa shape index (κ2) is 5.41. The van der Waals surface area contributed by atoms with E-state index in [1.807, 2.05) is 18.3 Å². The molecule has 0 atom stereocenters. The molecule has 0 aliphatic carbocycles. The van der Waals surface area contributed by atoms with Gasteiger partial charge in [-0.25, -0.2) is 0 Å². The summed E-state index contributed by atoms with van der Waals surface area (Å²) in [5.41, 5.74) is -0.513. The number of carboxylic acid groups (broad SMARTS) is 1. The third kappa shape index (κ3) is 2.93. The van der Waals surface area contributed by atoms with Crippen LogP contribution in [0.1, 0.15) is 36.4 Å². The molecule has 1 aromatic heterocycles. The standard InChI is InChI=1S/C14H21NO2S/c1-3-11-4-5-12(18-11)10-15-8-6-14(2,7-9-15)13(16)17/h4-5H,3,6-10H2,1-2H3,(H,16,17). The number of rotatable bonds is 4. The fourth-order valence-corrected chi connectivity index (χ4v) is 3.34. The van der Waals surface area contributed by atoms with Gasteiger partial charge in [-0.1, -0.05) is 6.92 Å². The van der Waals surface area contributed by atoms with Crippen LogP contribution in [0.3, 0.4) is 0 Å². The highest BCUT2D eigenvalue weighted by Crippen LogP contribution is 2.32. The Morgan fingerprint density at radius 2 is 2.00 bits per heavy atom. The molecule has 0 aromatic carbocycles. The molecule has 1 saturated heterocycles. The summed E-state index contributed by atoms with van der Waals surface area (Å²) < 4.78 is 0. The SMILES string of the molecule is CCc1ccc(CN2CCC(C)(C(=O)O)CC2)s1. The van der Waals surface area contributed by atoms with Crippen LogP contribution in [-0.4, -0.2) is 29.1 Å². The molecule has 0 spiro atoms. The third-order valence-electron chi connectivity index (χ3n) is 3.92. The lowest BCUT2D eigenvalue weighted by molar-refractivity contribution is -0.150. The molecule has 1 aliphatic rings. The summed E-state index contributed by atoms with van der Waals surface area (Å²) in [6, 6.07) is 4.40. The predicted octanol–water partition coefficient (Wildman–Crippen LogP) is 3.00. The lowest BCUT2D eigenvalue weighted by atomic mass is 9.80. The highest BCUT2D eigenvalue weighted by molar-refractivity contribution is 7.11. The quantitative estimate of drug-likeness (QED) is 0.911. The average Bonchev–Trinajstić information content (AvgIpc) is 2.80. The topological polar surface area (TPSA) is 40.5 Å². The van der Waals surface area contributed by atoms with Gasteiger partial charge in [0.1, 0.15) is 0 Å². The zero-order chi connectivity index (χ0) is 13.2. The van der Waals surface area contributed by atoms with Gasteiger partial charge in [-0.3, -0.25) is 9.69 Å². The largest absolute Gasteiger partial charge is 0.481 e. The van der Waals surface area contributed by atoms with E-state index in [0.29, 0.717) is 0 Å². The van der Waals surface area contributed by atoms with Crippen LogP contribution >= 0.6 is 11.3 Å². The number of hydrogen-bond donors (Lipinski definition) is 1. The molecule has 0 saturated carbocycles. The minimum atomic E-state index is -0.647. The van der Waals surface area contributed by atoms with Crippen LogP contribution in [-0.2, 0) is 17.8 Å². The number of aliphatic carboxylic acids is 1. The van der Waals surface area contributed by atoms with E-state index < -0.39 is 11.4 Å². The number of hydrogen-bond acceptors (Lipinski definition) is 3. The van der Waals surface area contributed by atoms with Crippen molar-refractivity contribution in [2.75, 3.05) is 13.1 Å². The summed E-state index contributed by atoms with van der Waals surface area (Å²) >= 11 is 1.87. The molecule has 0 radical (unpaired) electrons. The Bertz CT molecular complexity index is 419. The monoisotopic (exact) mass is 267 g/mol. The van der Waals surface area contributed by atoms with Crippen molar-refractivity contribution in [1.82, 2.24) is 4.90 Å². The number of carboxylic acids is 1. The van der Waals surface area contributed by atoms with Crippen molar-refractivity contribution in [3.05, 3.63) is 21.9 Å². The van der Waals surface area contributed by atoms with E-state index in [0.717, 1.165) is 38.9 Å². The number of piperidine rings is 1. The number of thiophene rings is 1. The van der Waals surface area contributed by atoms with Gasteiger partial charge in [-0.2, -0.15) is 0 Å². The van der Waals surface area contributed by atoms with Gasteiger partial charge in [0, 0.05) is 16.3 Å². The van der Waals surface area contributed by atoms with Gasteiger partial charge in [0.25, 0.3) is 0 Å². The van der Waals surface area contributed by atoms with E-state index in [2.05, 4.69) is 24.0 Å². The van der Waals surface area contributed by atoms with Crippen LogP contribution in [0.2, 0.25) is 0 Å². The molecular formula is C14H21NO2S. The van der Waals surface area contributed by atoms with Crippen molar-refractivity contribution in [3.63, 3.8) is 0 Å². The summed E-state index contributed by atoms with van der Waals surface area (Å²) in [7, 11) is 0. The summed E-state index contributed by atoms with van der Waals surface area (Å²) in [4.78, 5) is 16.4. The van der Waals surface area contributed by atoms with Crippen molar-refractivity contribution in [2.24, 2.45) is 5.41 Å². The molecule has 0 unspecified atom stereocenters. The maximum atomic E-state index is 11.2. The van der Waals surface area contributed by atoms with E-state index in [4.69, 9.17) is 0 Å². The van der Waals surface area contributed by atoms with Gasteiger partial charge >= 0.3 is 5.97 Å². The van der Waals surface area contributed by atoms with E-state index >= 15 is 0 Å². The third-order valence-corrected chi connectivity index (χ3v) is 5.14. The molecular weight excluding hydrogens is 246 g/mol. The van der Waals surface area contributed by atoms with Gasteiger partial charge in [0.2, 0.25) is 0 Å². The number of aryl methyl sites for hydroxylation is 1. The van der Waals surface area contributed by atoms with E-state index in [9.17, 15) is 9.90 Å². The van der Waals surface area contributed by atoms with Gasteiger partial charge in [-0.15, -0.1) is 11.3 Å². The number of likely N-dealkylation sites (tertiary alicyclic amines) is 1. The summed E-state index contributed by atoms with van der Waals surface area (Å²) in [6.07, 6.45) is 2.62. The Hall–Kier alpha value is -0.870. The van der Waals surface area contributed by atoms with Gasteiger partial charge in [0.15, 0.2) is 0 Å². The van der Waals surface area contributed by atoms with E-state index in [1.54, 1.807) is 0 Å². The molecule has 1 aromatic rings. The summed E-state index contributed by atoms with van der Waals surface area (Å²) in [5, 5.41) is 9.19. The first-order valence-corrected chi connectivity index (χ1v) is 7.38. The first-order chi connectivity index (χ1) is 8.53. The smallest absolute Gasteiger partial charge is 0.309 e. The molecule has 1 N–H and O–H groups in total. The Kier molecular flexibility index (Phi) is 4.07. The van der Waals surface area contributed by atoms with Gasteiger partial charge in [-0.05, 0) is 51.4 Å². The predicted molar refractivity (Wildman–Crippen MR) is 74.0 cm³/mol. The molecule has 3 nitrogen and oxygen atoms in total. The molecule has 2 heterocycles. The maximum absolute atomic E-state index is 11.2. The summed E-state index contributed by atoms with van der Waals surface area (Å²) in [6.45, 7) is 6.80. The first-order valence-electron chi connectivity index (χ1n) is 6.57. The fourth-order valence-electron chi connectivity index (χ4n) is 2.34. The van der Waals surface area contributed by atoms with E-state index in [-0.39, 0.29) is 0 Å². The molecule has 1 fully saturated rings. The Labute approximate surface area is 112 Å². The molecule has 18 heavy (non-hydrogen) atoms. The summed E-state index contributed by atoms with van der Waals surface area (Å²) in [5.74, 6) is -0.647. The molecule has 2 rings (SSSR count). The van der Waals surface area contributed by atoms with Crippen LogP contribution in [0.15, 0.2) is 12.1 Å². The number of carbonyl (C=O) groups is 1. The first kappa shape index (κ1) is 13.6. The van der Waals surface area contributed by atoms with Crippen molar-refractivity contribution in [3.8, 4) is 0 Å². The van der Waals surface area contributed by atoms with Gasteiger partial charge in [0.05, 0.1) is 5.41 Å². The second-order valence-corrected chi connectivity index (χ2v) is 6.62. The highest BCUT2D eigenvalue weighted by atomic mass is 32.1. The van der Waals surface area contributed by atoms with Crippen molar-refractivity contribution >= 4 is 17.3 Å².